The third kappa shape index (κ3) is 6.01. The van der Waals surface area contributed by atoms with Gasteiger partial charge in [0.15, 0.2) is 5.16 Å². The van der Waals surface area contributed by atoms with Gasteiger partial charge in [-0.15, -0.1) is 0 Å². The standard InChI is InChI=1S/C25H29N3O3S/c1-25(2,3)22(23(30)31)28-20-13-8-7-12-19(20)27-24(28)32-17-9-16-26-21(29)15-14-18-10-5-4-6-11-18/h4-8,10-15,22H,9,16-17H2,1-3H3,(H,26,29)(H,30,31)/b15-14+. The Kier molecular flexibility index (Phi) is 7.75. The number of carboxylic acid groups (broad SMARTS) is 1. The average Bonchev–Trinajstić information content (AvgIpc) is 3.09. The van der Waals surface area contributed by atoms with Crippen LogP contribution in [-0.4, -0.2) is 38.8 Å². The molecule has 0 fully saturated rings. The lowest BCUT2D eigenvalue weighted by Gasteiger charge is -2.29. The molecule has 0 radical (unpaired) electrons. The lowest BCUT2D eigenvalue weighted by Crippen LogP contribution is -2.32. The van der Waals surface area contributed by atoms with Crippen LogP contribution in [-0.2, 0) is 9.59 Å². The number of carboxylic acids is 1. The molecule has 1 aromatic heterocycles. The number of para-hydroxylation sites is 2. The molecule has 0 aliphatic heterocycles. The van der Waals surface area contributed by atoms with Crippen molar-refractivity contribution < 1.29 is 14.7 Å². The summed E-state index contributed by atoms with van der Waals surface area (Å²) < 4.78 is 1.84. The number of rotatable bonds is 9. The molecule has 3 rings (SSSR count). The minimum atomic E-state index is -0.875. The molecule has 0 spiro atoms. The van der Waals surface area contributed by atoms with E-state index in [2.05, 4.69) is 10.3 Å². The zero-order valence-electron chi connectivity index (χ0n) is 18.6. The Morgan fingerprint density at radius 2 is 1.81 bits per heavy atom. The lowest BCUT2D eigenvalue weighted by molar-refractivity contribution is -0.144. The van der Waals surface area contributed by atoms with Gasteiger partial charge in [-0.2, -0.15) is 0 Å². The second-order valence-electron chi connectivity index (χ2n) is 8.60. The zero-order chi connectivity index (χ0) is 23.1. The van der Waals surface area contributed by atoms with Gasteiger partial charge in [0.1, 0.15) is 6.04 Å². The molecule has 1 heterocycles. The van der Waals surface area contributed by atoms with Gasteiger partial charge in [0.25, 0.3) is 0 Å². The van der Waals surface area contributed by atoms with E-state index in [-0.39, 0.29) is 5.91 Å². The topological polar surface area (TPSA) is 84.2 Å². The molecule has 6 nitrogen and oxygen atoms in total. The van der Waals surface area contributed by atoms with Crippen molar-refractivity contribution in [3.05, 3.63) is 66.2 Å². The minimum absolute atomic E-state index is 0.134. The number of benzene rings is 2. The summed E-state index contributed by atoms with van der Waals surface area (Å²) in [5.74, 6) is -0.299. The van der Waals surface area contributed by atoms with Crippen LogP contribution in [0.25, 0.3) is 17.1 Å². The highest BCUT2D eigenvalue weighted by molar-refractivity contribution is 7.99. The van der Waals surface area contributed by atoms with Crippen LogP contribution >= 0.6 is 11.8 Å². The molecule has 32 heavy (non-hydrogen) atoms. The fraction of sp³-hybridized carbons (Fsp3) is 0.320. The van der Waals surface area contributed by atoms with E-state index in [9.17, 15) is 14.7 Å². The van der Waals surface area contributed by atoms with Crippen molar-refractivity contribution >= 4 is 40.7 Å². The number of carbonyl (C=O) groups excluding carboxylic acids is 1. The summed E-state index contributed by atoms with van der Waals surface area (Å²) in [5.41, 5.74) is 2.09. The highest BCUT2D eigenvalue weighted by atomic mass is 32.2. The van der Waals surface area contributed by atoms with Crippen molar-refractivity contribution in [2.24, 2.45) is 5.41 Å². The van der Waals surface area contributed by atoms with Crippen LogP contribution in [0.5, 0.6) is 0 Å². The van der Waals surface area contributed by atoms with Gasteiger partial charge in [-0.3, -0.25) is 4.79 Å². The maximum Gasteiger partial charge on any atom is 0.327 e. The van der Waals surface area contributed by atoms with Gasteiger partial charge >= 0.3 is 5.97 Å². The van der Waals surface area contributed by atoms with E-state index in [4.69, 9.17) is 0 Å². The molecule has 0 saturated carbocycles. The number of fused-ring (bicyclic) bond motifs is 1. The zero-order valence-corrected chi connectivity index (χ0v) is 19.4. The molecular formula is C25H29N3O3S. The Balaban J connectivity index is 1.62. The van der Waals surface area contributed by atoms with Crippen molar-refractivity contribution in [3.63, 3.8) is 0 Å². The molecule has 0 saturated heterocycles. The van der Waals surface area contributed by atoms with E-state index < -0.39 is 17.4 Å². The molecule has 2 N–H and O–H groups in total. The number of hydrogen-bond donors (Lipinski definition) is 2. The predicted octanol–water partition coefficient (Wildman–Crippen LogP) is 5.02. The van der Waals surface area contributed by atoms with Crippen molar-refractivity contribution in [1.29, 1.82) is 0 Å². The van der Waals surface area contributed by atoms with E-state index in [0.717, 1.165) is 23.0 Å². The fourth-order valence-electron chi connectivity index (χ4n) is 3.48. The lowest BCUT2D eigenvalue weighted by atomic mass is 9.86. The summed E-state index contributed by atoms with van der Waals surface area (Å²) in [4.78, 5) is 28.8. The van der Waals surface area contributed by atoms with Crippen molar-refractivity contribution in [2.75, 3.05) is 12.3 Å². The van der Waals surface area contributed by atoms with Gasteiger partial charge in [-0.1, -0.05) is 75.0 Å². The molecule has 1 unspecified atom stereocenters. The average molecular weight is 452 g/mol. The third-order valence-corrected chi connectivity index (χ3v) is 5.99. The maximum absolute atomic E-state index is 12.1. The molecule has 168 valence electrons. The SMILES string of the molecule is CC(C)(C)C(C(=O)O)n1c(SCCCNC(=O)/C=C/c2ccccc2)nc2ccccc21. The second kappa shape index (κ2) is 10.5. The van der Waals surface area contributed by atoms with Gasteiger partial charge in [0.05, 0.1) is 11.0 Å². The van der Waals surface area contributed by atoms with E-state index in [1.54, 1.807) is 6.08 Å². The third-order valence-electron chi connectivity index (χ3n) is 4.95. The minimum Gasteiger partial charge on any atom is -0.480 e. The molecular weight excluding hydrogens is 422 g/mol. The van der Waals surface area contributed by atoms with E-state index >= 15 is 0 Å². The molecule has 0 bridgehead atoms. The number of aromatic nitrogens is 2. The van der Waals surface area contributed by atoms with Gasteiger partial charge in [0, 0.05) is 18.4 Å². The summed E-state index contributed by atoms with van der Waals surface area (Å²) in [6.45, 7) is 6.31. The number of hydrogen-bond acceptors (Lipinski definition) is 4. The molecule has 0 aliphatic rings. The Bertz CT molecular complexity index is 1100. The number of nitrogens with one attached hydrogen (secondary N) is 1. The Morgan fingerprint density at radius 3 is 2.50 bits per heavy atom. The van der Waals surface area contributed by atoms with Crippen molar-refractivity contribution in [1.82, 2.24) is 14.9 Å². The van der Waals surface area contributed by atoms with Crippen LogP contribution in [0.2, 0.25) is 0 Å². The van der Waals surface area contributed by atoms with Crippen molar-refractivity contribution in [3.8, 4) is 0 Å². The molecule has 7 heteroatoms. The number of aliphatic carboxylic acids is 1. The Hall–Kier alpha value is -3.06. The second-order valence-corrected chi connectivity index (χ2v) is 9.66. The molecule has 0 aliphatic carbocycles. The normalized spacial score (nSPS) is 12.8. The summed E-state index contributed by atoms with van der Waals surface area (Å²) in [5, 5.41) is 13.5. The summed E-state index contributed by atoms with van der Waals surface area (Å²) in [7, 11) is 0. The van der Waals surface area contributed by atoms with Gasteiger partial charge in [-0.25, -0.2) is 9.78 Å². The molecule has 3 aromatic rings. The first-order valence-electron chi connectivity index (χ1n) is 10.6. The highest BCUT2D eigenvalue weighted by Crippen LogP contribution is 2.37. The summed E-state index contributed by atoms with van der Waals surface area (Å²) >= 11 is 1.52. The van der Waals surface area contributed by atoms with Crippen LogP contribution in [0.15, 0.2) is 65.8 Å². The first kappa shape index (κ1) is 23.6. The first-order valence-corrected chi connectivity index (χ1v) is 11.6. The number of carbonyl (C=O) groups is 2. The Morgan fingerprint density at radius 1 is 1.12 bits per heavy atom. The van der Waals surface area contributed by atoms with Crippen molar-refractivity contribution in [2.45, 2.75) is 38.4 Å². The van der Waals surface area contributed by atoms with Crippen LogP contribution < -0.4 is 5.32 Å². The quantitative estimate of drug-likeness (QED) is 0.271. The van der Waals surface area contributed by atoms with E-state index in [0.29, 0.717) is 17.5 Å². The van der Waals surface area contributed by atoms with Gasteiger partial charge in [0.2, 0.25) is 5.91 Å². The molecule has 2 aromatic carbocycles. The predicted molar refractivity (Wildman–Crippen MR) is 130 cm³/mol. The largest absolute Gasteiger partial charge is 0.480 e. The number of amides is 1. The maximum atomic E-state index is 12.1. The van der Waals surface area contributed by atoms with Gasteiger partial charge < -0.3 is 15.0 Å². The summed E-state index contributed by atoms with van der Waals surface area (Å²) in [6, 6.07) is 16.5. The monoisotopic (exact) mass is 451 g/mol. The van der Waals surface area contributed by atoms with E-state index in [1.165, 1.54) is 17.8 Å². The van der Waals surface area contributed by atoms with Crippen LogP contribution in [0.1, 0.15) is 38.8 Å². The van der Waals surface area contributed by atoms with Crippen LogP contribution in [0, 0.1) is 5.41 Å². The van der Waals surface area contributed by atoms with E-state index in [1.807, 2.05) is 79.9 Å². The fourth-order valence-corrected chi connectivity index (χ4v) is 4.46. The van der Waals surface area contributed by atoms with Crippen LogP contribution in [0.4, 0.5) is 0 Å². The Labute approximate surface area is 192 Å². The highest BCUT2D eigenvalue weighted by Gasteiger charge is 2.35. The van der Waals surface area contributed by atoms with Gasteiger partial charge in [-0.05, 0) is 35.6 Å². The number of thioether (sulfide) groups is 1. The summed E-state index contributed by atoms with van der Waals surface area (Å²) in [6.07, 6.45) is 4.06. The molecule has 1 amide bonds. The smallest absolute Gasteiger partial charge is 0.327 e. The number of nitrogens with zero attached hydrogens (tertiary/aromatic N) is 2. The number of imidazole rings is 1. The van der Waals surface area contributed by atoms with Crippen LogP contribution in [0.3, 0.4) is 0 Å². The molecule has 1 atom stereocenters. The first-order chi connectivity index (χ1) is 15.3.